The SMILES string of the molecule is Cc1ccc(Nc2cc(Nc3ccc(NC(=O)c4ccccc4I)cc3)nc(C)n2)cc1. The molecule has 32 heavy (non-hydrogen) atoms. The molecule has 1 amide bonds. The van der Waals surface area contributed by atoms with Crippen LogP contribution in [0.1, 0.15) is 21.7 Å². The molecule has 7 heteroatoms. The maximum absolute atomic E-state index is 12.5. The second-order valence-electron chi connectivity index (χ2n) is 7.31. The van der Waals surface area contributed by atoms with Gasteiger partial charge in [-0.3, -0.25) is 4.79 Å². The molecule has 0 fully saturated rings. The molecule has 6 nitrogen and oxygen atoms in total. The van der Waals surface area contributed by atoms with Crippen LogP contribution in [0.25, 0.3) is 0 Å². The number of anilines is 5. The summed E-state index contributed by atoms with van der Waals surface area (Å²) < 4.78 is 0.912. The van der Waals surface area contributed by atoms with E-state index in [1.807, 2.05) is 73.7 Å². The summed E-state index contributed by atoms with van der Waals surface area (Å²) in [6.45, 7) is 3.91. The first-order valence-corrected chi connectivity index (χ1v) is 11.2. The quantitative estimate of drug-likeness (QED) is 0.248. The fourth-order valence-corrected chi connectivity index (χ4v) is 3.74. The fourth-order valence-electron chi connectivity index (χ4n) is 3.11. The smallest absolute Gasteiger partial charge is 0.256 e. The number of halogens is 1. The summed E-state index contributed by atoms with van der Waals surface area (Å²) in [7, 11) is 0. The number of benzene rings is 3. The highest BCUT2D eigenvalue weighted by Crippen LogP contribution is 2.22. The van der Waals surface area contributed by atoms with E-state index < -0.39 is 0 Å². The predicted octanol–water partition coefficient (Wildman–Crippen LogP) is 6.44. The van der Waals surface area contributed by atoms with Gasteiger partial charge in [0, 0.05) is 26.7 Å². The number of aryl methyl sites for hydroxylation is 2. The molecular formula is C25H22IN5O. The summed E-state index contributed by atoms with van der Waals surface area (Å²) in [5, 5.41) is 9.54. The lowest BCUT2D eigenvalue weighted by Gasteiger charge is -2.11. The molecule has 0 saturated carbocycles. The number of hydrogen-bond donors (Lipinski definition) is 3. The van der Waals surface area contributed by atoms with Crippen LogP contribution in [0.2, 0.25) is 0 Å². The Bertz CT molecular complexity index is 1240. The van der Waals surface area contributed by atoms with Gasteiger partial charge in [0.2, 0.25) is 0 Å². The van der Waals surface area contributed by atoms with E-state index in [4.69, 9.17) is 0 Å². The van der Waals surface area contributed by atoms with Crippen LogP contribution < -0.4 is 16.0 Å². The van der Waals surface area contributed by atoms with E-state index in [0.29, 0.717) is 23.0 Å². The third-order valence-electron chi connectivity index (χ3n) is 4.70. The number of carbonyl (C=O) groups is 1. The van der Waals surface area contributed by atoms with Crippen molar-refractivity contribution >= 4 is 57.2 Å². The number of amides is 1. The monoisotopic (exact) mass is 535 g/mol. The molecule has 160 valence electrons. The van der Waals surface area contributed by atoms with Crippen LogP contribution in [-0.2, 0) is 0 Å². The van der Waals surface area contributed by atoms with Crippen LogP contribution in [-0.4, -0.2) is 15.9 Å². The van der Waals surface area contributed by atoms with E-state index >= 15 is 0 Å². The van der Waals surface area contributed by atoms with Crippen LogP contribution in [0, 0.1) is 17.4 Å². The lowest BCUT2D eigenvalue weighted by atomic mass is 10.2. The number of hydrogen-bond acceptors (Lipinski definition) is 5. The molecule has 0 atom stereocenters. The molecule has 0 bridgehead atoms. The summed E-state index contributed by atoms with van der Waals surface area (Å²) >= 11 is 2.16. The van der Waals surface area contributed by atoms with E-state index in [1.54, 1.807) is 0 Å². The Morgan fingerprint density at radius 2 is 1.28 bits per heavy atom. The highest BCUT2D eigenvalue weighted by molar-refractivity contribution is 14.1. The molecule has 0 unspecified atom stereocenters. The normalized spacial score (nSPS) is 10.5. The van der Waals surface area contributed by atoms with Gasteiger partial charge in [-0.25, -0.2) is 9.97 Å². The van der Waals surface area contributed by atoms with E-state index in [2.05, 4.69) is 67.6 Å². The lowest BCUT2D eigenvalue weighted by molar-refractivity contribution is 0.102. The number of carbonyl (C=O) groups excluding carboxylic acids is 1. The van der Waals surface area contributed by atoms with Gasteiger partial charge < -0.3 is 16.0 Å². The molecule has 0 saturated heterocycles. The molecule has 3 N–H and O–H groups in total. The number of aromatic nitrogens is 2. The minimum Gasteiger partial charge on any atom is -0.340 e. The Morgan fingerprint density at radius 1 is 0.750 bits per heavy atom. The number of nitrogens with one attached hydrogen (secondary N) is 3. The first kappa shape index (κ1) is 21.8. The van der Waals surface area contributed by atoms with Crippen LogP contribution in [0.4, 0.5) is 28.7 Å². The maximum atomic E-state index is 12.5. The van der Waals surface area contributed by atoms with Gasteiger partial charge in [0.1, 0.15) is 17.5 Å². The van der Waals surface area contributed by atoms with E-state index in [1.165, 1.54) is 5.56 Å². The molecule has 4 aromatic rings. The van der Waals surface area contributed by atoms with Crippen LogP contribution >= 0.6 is 22.6 Å². The van der Waals surface area contributed by atoms with Crippen molar-refractivity contribution in [1.82, 2.24) is 9.97 Å². The summed E-state index contributed by atoms with van der Waals surface area (Å²) in [4.78, 5) is 21.4. The Labute approximate surface area is 200 Å². The van der Waals surface area contributed by atoms with Crippen LogP contribution in [0.15, 0.2) is 78.9 Å². The Balaban J connectivity index is 1.44. The third kappa shape index (κ3) is 5.61. The zero-order chi connectivity index (χ0) is 22.5. The molecule has 3 aromatic carbocycles. The molecule has 0 radical (unpaired) electrons. The highest BCUT2D eigenvalue weighted by atomic mass is 127. The summed E-state index contributed by atoms with van der Waals surface area (Å²) in [6.07, 6.45) is 0. The van der Waals surface area contributed by atoms with Crippen molar-refractivity contribution in [3.63, 3.8) is 0 Å². The lowest BCUT2D eigenvalue weighted by Crippen LogP contribution is -2.13. The van der Waals surface area contributed by atoms with Gasteiger partial charge in [0.05, 0.1) is 5.56 Å². The Hall–Kier alpha value is -3.46. The van der Waals surface area contributed by atoms with Crippen molar-refractivity contribution in [3.8, 4) is 0 Å². The Kier molecular flexibility index (Phi) is 6.65. The zero-order valence-corrected chi connectivity index (χ0v) is 19.8. The van der Waals surface area contributed by atoms with E-state index in [0.717, 1.165) is 20.6 Å². The molecule has 0 aliphatic carbocycles. The molecular weight excluding hydrogens is 513 g/mol. The average Bonchev–Trinajstić information content (AvgIpc) is 2.76. The highest BCUT2D eigenvalue weighted by Gasteiger charge is 2.09. The van der Waals surface area contributed by atoms with Crippen LogP contribution in [0.5, 0.6) is 0 Å². The van der Waals surface area contributed by atoms with Crippen molar-refractivity contribution in [2.24, 2.45) is 0 Å². The average molecular weight is 535 g/mol. The zero-order valence-electron chi connectivity index (χ0n) is 17.7. The first-order valence-electron chi connectivity index (χ1n) is 10.1. The van der Waals surface area contributed by atoms with Gasteiger partial charge in [-0.05, 0) is 85.0 Å². The van der Waals surface area contributed by atoms with E-state index in [9.17, 15) is 4.79 Å². The summed E-state index contributed by atoms with van der Waals surface area (Å²) in [5.74, 6) is 1.92. The molecule has 0 aliphatic rings. The summed E-state index contributed by atoms with van der Waals surface area (Å²) in [5.41, 5.74) is 4.40. The third-order valence-corrected chi connectivity index (χ3v) is 5.64. The molecule has 1 heterocycles. The van der Waals surface area contributed by atoms with Gasteiger partial charge in [-0.1, -0.05) is 29.8 Å². The van der Waals surface area contributed by atoms with Crippen molar-refractivity contribution in [2.75, 3.05) is 16.0 Å². The van der Waals surface area contributed by atoms with Crippen molar-refractivity contribution in [1.29, 1.82) is 0 Å². The van der Waals surface area contributed by atoms with Crippen LogP contribution in [0.3, 0.4) is 0 Å². The Morgan fingerprint density at radius 3 is 1.88 bits per heavy atom. The maximum Gasteiger partial charge on any atom is 0.256 e. The minimum atomic E-state index is -0.131. The molecule has 1 aromatic heterocycles. The van der Waals surface area contributed by atoms with Gasteiger partial charge in [0.25, 0.3) is 5.91 Å². The van der Waals surface area contributed by atoms with Crippen molar-refractivity contribution in [2.45, 2.75) is 13.8 Å². The van der Waals surface area contributed by atoms with Crippen molar-refractivity contribution < 1.29 is 4.79 Å². The summed E-state index contributed by atoms with van der Waals surface area (Å²) in [6, 6.07) is 25.0. The molecule has 0 aliphatic heterocycles. The molecule has 0 spiro atoms. The standard InChI is InChI=1S/C25H22IN5O/c1-16-7-9-18(10-8-16)29-23-15-24(28-17(2)27-23)30-19-11-13-20(14-12-19)31-25(32)21-5-3-4-6-22(21)26/h3-15H,1-2H3,(H,31,32)(H2,27,28,29,30). The largest absolute Gasteiger partial charge is 0.340 e. The van der Waals surface area contributed by atoms with E-state index in [-0.39, 0.29) is 5.91 Å². The van der Waals surface area contributed by atoms with Gasteiger partial charge in [0.15, 0.2) is 0 Å². The first-order chi connectivity index (χ1) is 15.5. The van der Waals surface area contributed by atoms with Gasteiger partial charge >= 0.3 is 0 Å². The molecule has 4 rings (SSSR count). The number of rotatable bonds is 6. The van der Waals surface area contributed by atoms with Gasteiger partial charge in [-0.15, -0.1) is 0 Å². The van der Waals surface area contributed by atoms with Crippen molar-refractivity contribution in [3.05, 3.63) is 99.4 Å². The number of nitrogens with zero attached hydrogens (tertiary/aromatic N) is 2. The second-order valence-corrected chi connectivity index (χ2v) is 8.48. The predicted molar refractivity (Wildman–Crippen MR) is 138 cm³/mol. The fraction of sp³-hybridized carbons (Fsp3) is 0.0800. The topological polar surface area (TPSA) is 78.9 Å². The second kappa shape index (κ2) is 9.78. The van der Waals surface area contributed by atoms with Gasteiger partial charge in [-0.2, -0.15) is 0 Å². The minimum absolute atomic E-state index is 0.131.